The number of hydrogen-bond acceptors (Lipinski definition) is 6. The van der Waals surface area contributed by atoms with Crippen LogP contribution in [0.25, 0.3) is 0 Å². The lowest BCUT2D eigenvalue weighted by molar-refractivity contribution is -0.130. The monoisotopic (exact) mass is 396 g/mol. The Bertz CT molecular complexity index is 903. The van der Waals surface area contributed by atoms with Crippen molar-refractivity contribution in [1.29, 1.82) is 0 Å². The van der Waals surface area contributed by atoms with E-state index >= 15 is 0 Å². The van der Waals surface area contributed by atoms with E-state index in [2.05, 4.69) is 10.3 Å². The first-order chi connectivity index (χ1) is 13.8. The van der Waals surface area contributed by atoms with Crippen molar-refractivity contribution < 1.29 is 23.8 Å². The summed E-state index contributed by atoms with van der Waals surface area (Å²) in [4.78, 5) is 28.4. The van der Waals surface area contributed by atoms with Gasteiger partial charge >= 0.3 is 12.1 Å². The number of hydrogen-bond donors (Lipinski definition) is 1. The molecule has 0 radical (unpaired) electrons. The van der Waals surface area contributed by atoms with E-state index in [0.717, 1.165) is 0 Å². The van der Waals surface area contributed by atoms with Gasteiger partial charge in [0, 0.05) is 29.9 Å². The molecule has 0 spiro atoms. The Morgan fingerprint density at radius 2 is 1.90 bits per heavy atom. The number of aromatic nitrogens is 1. The number of alkyl carbamates (subject to hydrolysis) is 1. The number of carbonyl (C=O) groups is 2. The predicted octanol–water partition coefficient (Wildman–Crippen LogP) is 4.39. The largest absolute Gasteiger partial charge is 0.444 e. The van der Waals surface area contributed by atoms with Crippen LogP contribution in [-0.4, -0.2) is 28.7 Å². The molecule has 152 valence electrons. The van der Waals surface area contributed by atoms with Crippen molar-refractivity contribution in [3.63, 3.8) is 0 Å². The molecule has 0 saturated carbocycles. The average Bonchev–Trinajstić information content (AvgIpc) is 3.10. The highest BCUT2D eigenvalue weighted by molar-refractivity contribution is 5.91. The van der Waals surface area contributed by atoms with Crippen LogP contribution in [0.5, 0.6) is 17.4 Å². The predicted molar refractivity (Wildman–Crippen MR) is 107 cm³/mol. The van der Waals surface area contributed by atoms with Crippen LogP contribution in [0.2, 0.25) is 0 Å². The highest BCUT2D eigenvalue weighted by Gasteiger charge is 2.26. The van der Waals surface area contributed by atoms with Crippen LogP contribution in [-0.2, 0) is 9.53 Å². The van der Waals surface area contributed by atoms with Crippen LogP contribution in [0.3, 0.4) is 0 Å². The van der Waals surface area contributed by atoms with E-state index in [1.54, 1.807) is 69.4 Å². The second-order valence-corrected chi connectivity index (χ2v) is 7.65. The van der Waals surface area contributed by atoms with Crippen molar-refractivity contribution in [3.05, 3.63) is 60.3 Å². The summed E-state index contributed by atoms with van der Waals surface area (Å²) in [6.45, 7) is 5.40. The number of rotatable bonds is 5. The zero-order valence-corrected chi connectivity index (χ0v) is 16.7. The lowest BCUT2D eigenvalue weighted by atomic mass is 10.2. The minimum Gasteiger partial charge on any atom is -0.444 e. The van der Waals surface area contributed by atoms with Crippen molar-refractivity contribution in [3.8, 4) is 17.4 Å². The van der Waals surface area contributed by atoms with Gasteiger partial charge in [-0.25, -0.2) is 14.6 Å². The van der Waals surface area contributed by atoms with E-state index < -0.39 is 17.7 Å². The van der Waals surface area contributed by atoms with E-state index in [4.69, 9.17) is 14.2 Å². The molecule has 1 unspecified atom stereocenters. The lowest BCUT2D eigenvalue weighted by Gasteiger charge is -2.21. The summed E-state index contributed by atoms with van der Waals surface area (Å²) in [6, 6.07) is 11.9. The molecular weight excluding hydrogens is 372 g/mol. The van der Waals surface area contributed by atoms with Crippen molar-refractivity contribution in [1.82, 2.24) is 10.3 Å². The number of esters is 1. The summed E-state index contributed by atoms with van der Waals surface area (Å²) < 4.78 is 16.4. The molecule has 1 amide bonds. The van der Waals surface area contributed by atoms with Gasteiger partial charge in [0.2, 0.25) is 5.88 Å². The van der Waals surface area contributed by atoms with Gasteiger partial charge in [-0.3, -0.25) is 0 Å². The minimum atomic E-state index is -0.569. The summed E-state index contributed by atoms with van der Waals surface area (Å²) in [6.07, 6.45) is 3.85. The zero-order chi connectivity index (χ0) is 20.9. The summed E-state index contributed by atoms with van der Waals surface area (Å²) >= 11 is 0. The molecule has 1 aromatic carbocycles. The van der Waals surface area contributed by atoms with Gasteiger partial charge in [-0.2, -0.15) is 0 Å². The maximum absolute atomic E-state index is 12.5. The normalized spacial score (nSPS) is 16.0. The number of benzene rings is 1. The van der Waals surface area contributed by atoms with Crippen LogP contribution in [0, 0.1) is 0 Å². The van der Waals surface area contributed by atoms with Crippen LogP contribution in [0.15, 0.2) is 60.3 Å². The van der Waals surface area contributed by atoms with Crippen LogP contribution < -0.4 is 14.8 Å². The van der Waals surface area contributed by atoms with Crippen molar-refractivity contribution in [2.45, 2.75) is 45.3 Å². The lowest BCUT2D eigenvalue weighted by Crippen LogP contribution is -2.38. The molecule has 1 aliphatic carbocycles. The van der Waals surface area contributed by atoms with E-state index in [-0.39, 0.29) is 6.04 Å². The SMILES string of the molecule is CC(C)(C)OC(=O)NC1CC=C(C(=O)Oc2cccc(Oc3ccccn3)c2)C1. The quantitative estimate of drug-likeness (QED) is 0.596. The third-order valence-corrected chi connectivity index (χ3v) is 3.97. The third-order valence-electron chi connectivity index (χ3n) is 3.97. The fourth-order valence-corrected chi connectivity index (χ4v) is 2.77. The van der Waals surface area contributed by atoms with Crippen LogP contribution in [0.4, 0.5) is 4.79 Å². The number of nitrogens with one attached hydrogen (secondary N) is 1. The Morgan fingerprint density at radius 1 is 1.10 bits per heavy atom. The molecule has 0 fully saturated rings. The fraction of sp³-hybridized carbons (Fsp3) is 0.318. The summed E-state index contributed by atoms with van der Waals surface area (Å²) in [7, 11) is 0. The van der Waals surface area contributed by atoms with Gasteiger partial charge in [0.25, 0.3) is 0 Å². The number of carbonyl (C=O) groups excluding carboxylic acids is 2. The van der Waals surface area contributed by atoms with Crippen LogP contribution in [0.1, 0.15) is 33.6 Å². The molecule has 0 bridgehead atoms. The molecule has 0 saturated heterocycles. The molecule has 1 heterocycles. The van der Waals surface area contributed by atoms with Crippen molar-refractivity contribution in [2.75, 3.05) is 0 Å². The second-order valence-electron chi connectivity index (χ2n) is 7.65. The van der Waals surface area contributed by atoms with Gasteiger partial charge < -0.3 is 19.5 Å². The summed E-state index contributed by atoms with van der Waals surface area (Å²) in [5.74, 6) is 0.880. The Hall–Kier alpha value is -3.35. The Labute approximate surface area is 169 Å². The van der Waals surface area contributed by atoms with Gasteiger partial charge in [0.05, 0.1) is 0 Å². The Balaban J connectivity index is 1.53. The van der Waals surface area contributed by atoms with Crippen molar-refractivity contribution >= 4 is 12.1 Å². The molecule has 2 aromatic rings. The van der Waals surface area contributed by atoms with E-state index in [1.165, 1.54) is 0 Å². The summed E-state index contributed by atoms with van der Waals surface area (Å²) in [5, 5.41) is 2.77. The average molecular weight is 396 g/mol. The molecule has 7 heteroatoms. The van der Waals surface area contributed by atoms with E-state index in [1.807, 2.05) is 6.07 Å². The number of pyridine rings is 1. The highest BCUT2D eigenvalue weighted by atomic mass is 16.6. The topological polar surface area (TPSA) is 86.8 Å². The van der Waals surface area contributed by atoms with Gasteiger partial charge in [-0.1, -0.05) is 18.2 Å². The molecular formula is C22H24N2O5. The van der Waals surface area contributed by atoms with Crippen molar-refractivity contribution in [2.24, 2.45) is 0 Å². The Kier molecular flexibility index (Phi) is 6.16. The number of amides is 1. The molecule has 0 aliphatic heterocycles. The first kappa shape index (κ1) is 20.4. The van der Waals surface area contributed by atoms with Gasteiger partial charge in [0.1, 0.15) is 17.1 Å². The molecule has 29 heavy (non-hydrogen) atoms. The fourth-order valence-electron chi connectivity index (χ4n) is 2.77. The Morgan fingerprint density at radius 3 is 2.62 bits per heavy atom. The van der Waals surface area contributed by atoms with E-state index in [0.29, 0.717) is 35.8 Å². The molecule has 7 nitrogen and oxygen atoms in total. The third kappa shape index (κ3) is 6.34. The number of nitrogens with zero attached hydrogens (tertiary/aromatic N) is 1. The second kappa shape index (κ2) is 8.77. The minimum absolute atomic E-state index is 0.189. The molecule has 3 rings (SSSR count). The highest BCUT2D eigenvalue weighted by Crippen LogP contribution is 2.26. The maximum atomic E-state index is 12.5. The maximum Gasteiger partial charge on any atom is 0.407 e. The van der Waals surface area contributed by atoms with Gasteiger partial charge in [-0.05, 0) is 51.8 Å². The number of ether oxygens (including phenoxy) is 3. The molecule has 1 aromatic heterocycles. The first-order valence-corrected chi connectivity index (χ1v) is 9.38. The summed E-state index contributed by atoms with van der Waals surface area (Å²) in [5.41, 5.74) is -0.0534. The molecule has 1 atom stereocenters. The van der Waals surface area contributed by atoms with Gasteiger partial charge in [-0.15, -0.1) is 0 Å². The van der Waals surface area contributed by atoms with Crippen LogP contribution >= 0.6 is 0 Å². The van der Waals surface area contributed by atoms with Gasteiger partial charge in [0.15, 0.2) is 0 Å². The van der Waals surface area contributed by atoms with E-state index in [9.17, 15) is 9.59 Å². The first-order valence-electron chi connectivity index (χ1n) is 9.38. The zero-order valence-electron chi connectivity index (χ0n) is 16.7. The standard InChI is InChI=1S/C22H24N2O5/c1-22(2,3)29-21(26)24-16-11-10-15(13-16)20(25)28-18-8-6-7-17(14-18)27-19-9-4-5-12-23-19/h4-10,12,14,16H,11,13H2,1-3H3,(H,24,26). The molecule has 1 aliphatic rings. The molecule has 1 N–H and O–H groups in total. The smallest absolute Gasteiger partial charge is 0.407 e.